The second-order valence-electron chi connectivity index (χ2n) is 3.17. The van der Waals surface area contributed by atoms with Gasteiger partial charge in [-0.25, -0.2) is 0 Å². The Bertz CT molecular complexity index is 131. The highest BCUT2D eigenvalue weighted by Crippen LogP contribution is 2.02. The number of nitrogens with one attached hydrogen (secondary N) is 1. The summed E-state index contributed by atoms with van der Waals surface area (Å²) in [5, 5.41) is 11.3. The number of aliphatic carboxylic acids is 1. The number of hydrogen-bond donors (Lipinski definition) is 2. The van der Waals surface area contributed by atoms with Crippen LogP contribution >= 0.6 is 12.4 Å². The Balaban J connectivity index is 0. The van der Waals surface area contributed by atoms with Crippen LogP contribution in [0, 0.1) is 0 Å². The van der Waals surface area contributed by atoms with Crippen LogP contribution in [0.1, 0.15) is 39.5 Å². The third-order valence-corrected chi connectivity index (χ3v) is 1.84. The first-order valence-corrected chi connectivity index (χ1v) is 4.62. The average Bonchev–Trinajstić information content (AvgIpc) is 2.01. The van der Waals surface area contributed by atoms with Crippen molar-refractivity contribution in [2.45, 2.75) is 45.6 Å². The van der Waals surface area contributed by atoms with Crippen LogP contribution in [-0.4, -0.2) is 23.7 Å². The van der Waals surface area contributed by atoms with Crippen LogP contribution in [0.3, 0.4) is 0 Å². The SMILES string of the molecule is CCCCC[C@H](C)NCC(=O)O.Cl. The third-order valence-electron chi connectivity index (χ3n) is 1.84. The molecule has 0 aliphatic heterocycles. The number of carboxylic acids is 1. The van der Waals surface area contributed by atoms with Crippen LogP contribution in [-0.2, 0) is 4.79 Å². The van der Waals surface area contributed by atoms with E-state index in [1.165, 1.54) is 19.3 Å². The number of carboxylic acid groups (broad SMARTS) is 1. The second kappa shape index (κ2) is 9.81. The van der Waals surface area contributed by atoms with Crippen LogP contribution in [0.25, 0.3) is 0 Å². The summed E-state index contributed by atoms with van der Waals surface area (Å²) in [4.78, 5) is 10.2. The van der Waals surface area contributed by atoms with Gasteiger partial charge in [-0.1, -0.05) is 26.2 Å². The zero-order valence-electron chi connectivity index (χ0n) is 8.38. The maximum absolute atomic E-state index is 10.2. The quantitative estimate of drug-likeness (QED) is 0.631. The van der Waals surface area contributed by atoms with Crippen molar-refractivity contribution in [1.82, 2.24) is 5.32 Å². The van der Waals surface area contributed by atoms with Gasteiger partial charge in [0.2, 0.25) is 0 Å². The summed E-state index contributed by atoms with van der Waals surface area (Å²) < 4.78 is 0. The number of carbonyl (C=O) groups is 1. The normalized spacial score (nSPS) is 11.8. The van der Waals surface area contributed by atoms with Gasteiger partial charge < -0.3 is 10.4 Å². The molecule has 0 rings (SSSR count). The predicted molar refractivity (Wildman–Crippen MR) is 56.5 cm³/mol. The minimum absolute atomic E-state index is 0. The molecule has 0 spiro atoms. The lowest BCUT2D eigenvalue weighted by Gasteiger charge is -2.10. The van der Waals surface area contributed by atoms with Crippen molar-refractivity contribution in [1.29, 1.82) is 0 Å². The topological polar surface area (TPSA) is 49.3 Å². The fourth-order valence-electron chi connectivity index (χ4n) is 1.06. The zero-order valence-corrected chi connectivity index (χ0v) is 9.19. The first kappa shape index (κ1) is 15.2. The van der Waals surface area contributed by atoms with E-state index in [0.29, 0.717) is 6.04 Å². The summed E-state index contributed by atoms with van der Waals surface area (Å²) in [6.45, 7) is 4.27. The zero-order chi connectivity index (χ0) is 9.40. The summed E-state index contributed by atoms with van der Waals surface area (Å²) in [6, 6.07) is 0.327. The van der Waals surface area contributed by atoms with Gasteiger partial charge >= 0.3 is 5.97 Å². The van der Waals surface area contributed by atoms with Gasteiger partial charge in [-0.15, -0.1) is 12.4 Å². The van der Waals surface area contributed by atoms with E-state index >= 15 is 0 Å². The van der Waals surface area contributed by atoms with Gasteiger partial charge in [0.05, 0.1) is 6.54 Å². The number of hydrogen-bond acceptors (Lipinski definition) is 2. The van der Waals surface area contributed by atoms with Crippen molar-refractivity contribution >= 4 is 18.4 Å². The molecule has 0 saturated heterocycles. The standard InChI is InChI=1S/C9H19NO2.ClH/c1-3-4-5-6-8(2)10-7-9(11)12;/h8,10H,3-7H2,1-2H3,(H,11,12);1H/t8-;/m0./s1. The van der Waals surface area contributed by atoms with Crippen LogP contribution in [0.5, 0.6) is 0 Å². The molecule has 1 atom stereocenters. The number of rotatable bonds is 7. The van der Waals surface area contributed by atoms with E-state index in [2.05, 4.69) is 12.2 Å². The maximum Gasteiger partial charge on any atom is 0.317 e. The highest BCUT2D eigenvalue weighted by molar-refractivity contribution is 5.85. The third kappa shape index (κ3) is 11.7. The Hall–Kier alpha value is -0.280. The molecule has 0 aromatic heterocycles. The lowest BCUT2D eigenvalue weighted by atomic mass is 10.1. The first-order valence-electron chi connectivity index (χ1n) is 4.62. The molecule has 13 heavy (non-hydrogen) atoms. The van der Waals surface area contributed by atoms with Crippen LogP contribution in [0.15, 0.2) is 0 Å². The van der Waals surface area contributed by atoms with Crippen molar-refractivity contribution in [3.8, 4) is 0 Å². The van der Waals surface area contributed by atoms with E-state index in [0.717, 1.165) is 6.42 Å². The van der Waals surface area contributed by atoms with Crippen LogP contribution in [0.2, 0.25) is 0 Å². The van der Waals surface area contributed by atoms with Gasteiger partial charge in [0.15, 0.2) is 0 Å². The van der Waals surface area contributed by atoms with Crippen LogP contribution in [0.4, 0.5) is 0 Å². The molecule has 0 fully saturated rings. The molecule has 2 N–H and O–H groups in total. The summed E-state index contributed by atoms with van der Waals surface area (Å²) in [6.07, 6.45) is 4.70. The maximum atomic E-state index is 10.2. The molecule has 0 heterocycles. The van der Waals surface area contributed by atoms with E-state index in [-0.39, 0.29) is 19.0 Å². The molecule has 0 radical (unpaired) electrons. The molecule has 0 saturated carbocycles. The minimum Gasteiger partial charge on any atom is -0.480 e. The molecular formula is C9H20ClNO2. The van der Waals surface area contributed by atoms with Crippen molar-refractivity contribution in [2.75, 3.05) is 6.54 Å². The average molecular weight is 210 g/mol. The van der Waals surface area contributed by atoms with E-state index in [4.69, 9.17) is 5.11 Å². The van der Waals surface area contributed by atoms with Crippen LogP contribution < -0.4 is 5.32 Å². The van der Waals surface area contributed by atoms with Crippen molar-refractivity contribution < 1.29 is 9.90 Å². The van der Waals surface area contributed by atoms with E-state index < -0.39 is 5.97 Å². The molecule has 0 aromatic carbocycles. The van der Waals surface area contributed by atoms with Gasteiger partial charge in [0.1, 0.15) is 0 Å². The molecule has 0 aliphatic rings. The Kier molecular flexibility index (Phi) is 11.5. The second-order valence-corrected chi connectivity index (χ2v) is 3.17. The molecule has 3 nitrogen and oxygen atoms in total. The first-order chi connectivity index (χ1) is 5.66. The van der Waals surface area contributed by atoms with E-state index in [1.54, 1.807) is 0 Å². The monoisotopic (exact) mass is 209 g/mol. The summed E-state index contributed by atoms with van der Waals surface area (Å²) in [7, 11) is 0. The number of halogens is 1. The molecule has 0 aliphatic carbocycles. The molecule has 0 bridgehead atoms. The molecule has 80 valence electrons. The lowest BCUT2D eigenvalue weighted by Crippen LogP contribution is -2.31. The van der Waals surface area contributed by atoms with Gasteiger partial charge in [-0.2, -0.15) is 0 Å². The van der Waals surface area contributed by atoms with Crippen molar-refractivity contribution in [2.24, 2.45) is 0 Å². The largest absolute Gasteiger partial charge is 0.480 e. The fraction of sp³-hybridized carbons (Fsp3) is 0.889. The number of unbranched alkanes of at least 4 members (excludes halogenated alkanes) is 2. The van der Waals surface area contributed by atoms with Crippen molar-refractivity contribution in [3.63, 3.8) is 0 Å². The van der Waals surface area contributed by atoms with E-state index in [9.17, 15) is 4.79 Å². The lowest BCUT2D eigenvalue weighted by molar-refractivity contribution is -0.136. The Labute approximate surface area is 86.3 Å². The Morgan fingerprint density at radius 3 is 2.54 bits per heavy atom. The molecule has 4 heteroatoms. The highest BCUT2D eigenvalue weighted by Gasteiger charge is 2.02. The van der Waals surface area contributed by atoms with Gasteiger partial charge in [0.25, 0.3) is 0 Å². The predicted octanol–water partition coefficient (Wildman–Crippen LogP) is 2.05. The Morgan fingerprint density at radius 2 is 2.08 bits per heavy atom. The summed E-state index contributed by atoms with van der Waals surface area (Å²) >= 11 is 0. The molecule has 0 amide bonds. The Morgan fingerprint density at radius 1 is 1.46 bits per heavy atom. The fourth-order valence-corrected chi connectivity index (χ4v) is 1.06. The molecule has 0 unspecified atom stereocenters. The highest BCUT2D eigenvalue weighted by atomic mass is 35.5. The minimum atomic E-state index is -0.780. The van der Waals surface area contributed by atoms with Gasteiger partial charge in [0, 0.05) is 6.04 Å². The van der Waals surface area contributed by atoms with Crippen molar-refractivity contribution in [3.05, 3.63) is 0 Å². The smallest absolute Gasteiger partial charge is 0.317 e. The van der Waals surface area contributed by atoms with E-state index in [1.807, 2.05) is 6.92 Å². The summed E-state index contributed by atoms with van der Waals surface area (Å²) in [5.74, 6) is -0.780. The van der Waals surface area contributed by atoms with Gasteiger partial charge in [-0.05, 0) is 13.3 Å². The summed E-state index contributed by atoms with van der Waals surface area (Å²) in [5.41, 5.74) is 0. The molecular weight excluding hydrogens is 190 g/mol. The van der Waals surface area contributed by atoms with Gasteiger partial charge in [-0.3, -0.25) is 4.79 Å². The molecule has 0 aromatic rings.